The van der Waals surface area contributed by atoms with E-state index in [9.17, 15) is 9.90 Å². The Kier molecular flexibility index (Phi) is 3.14. The Labute approximate surface area is 112 Å². The fourth-order valence-corrected chi connectivity index (χ4v) is 3.15. The van der Waals surface area contributed by atoms with Gasteiger partial charge in [-0.1, -0.05) is 6.07 Å². The normalized spacial score (nSPS) is 27.5. The number of rotatable bonds is 3. The molecule has 5 heteroatoms. The first-order valence-electron chi connectivity index (χ1n) is 6.76. The molecule has 1 N–H and O–H groups in total. The minimum atomic E-state index is -0.535. The maximum atomic E-state index is 10.8. The van der Waals surface area contributed by atoms with Crippen LogP contribution in [0.4, 0.5) is 5.82 Å². The third-order valence-electron chi connectivity index (χ3n) is 4.17. The van der Waals surface area contributed by atoms with Gasteiger partial charge in [-0.3, -0.25) is 4.79 Å². The summed E-state index contributed by atoms with van der Waals surface area (Å²) < 4.78 is 0. The van der Waals surface area contributed by atoms with Crippen LogP contribution in [0, 0.1) is 11.8 Å². The number of aliphatic hydroxyl groups is 1. The monoisotopic (exact) mass is 261 g/mol. The highest BCUT2D eigenvalue weighted by Gasteiger charge is 2.40. The van der Waals surface area contributed by atoms with Gasteiger partial charge in [-0.2, -0.15) is 0 Å². The van der Waals surface area contributed by atoms with E-state index in [2.05, 4.69) is 9.88 Å². The zero-order valence-electron chi connectivity index (χ0n) is 11.1. The lowest BCUT2D eigenvalue weighted by Crippen LogP contribution is -2.28. The van der Waals surface area contributed by atoms with Crippen LogP contribution in [0.5, 0.6) is 0 Å². The van der Waals surface area contributed by atoms with Gasteiger partial charge < -0.3 is 14.9 Å². The highest BCUT2D eigenvalue weighted by atomic mass is 16.3. The van der Waals surface area contributed by atoms with E-state index in [1.807, 2.05) is 23.1 Å². The number of carbonyl (C=O) groups excluding carboxylic acids is 1. The Balaban J connectivity index is 1.72. The van der Waals surface area contributed by atoms with Gasteiger partial charge in [0.1, 0.15) is 5.82 Å². The van der Waals surface area contributed by atoms with Gasteiger partial charge in [-0.05, 0) is 19.1 Å². The van der Waals surface area contributed by atoms with Crippen LogP contribution in [0.3, 0.4) is 0 Å². The van der Waals surface area contributed by atoms with Gasteiger partial charge in [-0.25, -0.2) is 4.98 Å². The lowest BCUT2D eigenvalue weighted by Gasteiger charge is -2.21. The Morgan fingerprint density at radius 3 is 2.58 bits per heavy atom. The lowest BCUT2D eigenvalue weighted by atomic mass is 10.0. The number of anilines is 1. The summed E-state index contributed by atoms with van der Waals surface area (Å²) in [5.74, 6) is 2.05. The molecule has 2 aliphatic heterocycles. The number of fused-ring (bicyclic) bond motifs is 1. The third-order valence-corrected chi connectivity index (χ3v) is 4.17. The summed E-state index contributed by atoms with van der Waals surface area (Å²) in [4.78, 5) is 19.4. The average molecular weight is 261 g/mol. The first-order chi connectivity index (χ1) is 9.17. The van der Waals surface area contributed by atoms with Gasteiger partial charge >= 0.3 is 0 Å². The highest BCUT2D eigenvalue weighted by Crippen LogP contribution is 2.32. The smallest absolute Gasteiger partial charge is 0.209 e. The van der Waals surface area contributed by atoms with Gasteiger partial charge in [0.15, 0.2) is 0 Å². The quantitative estimate of drug-likeness (QED) is 0.812. The van der Waals surface area contributed by atoms with Gasteiger partial charge in [0.2, 0.25) is 6.41 Å². The van der Waals surface area contributed by atoms with Crippen molar-refractivity contribution in [3.63, 3.8) is 0 Å². The van der Waals surface area contributed by atoms with Gasteiger partial charge in [-0.15, -0.1) is 0 Å². The molecule has 1 aromatic heterocycles. The molecule has 5 nitrogen and oxygen atoms in total. The van der Waals surface area contributed by atoms with Gasteiger partial charge in [0.25, 0.3) is 0 Å². The van der Waals surface area contributed by atoms with E-state index < -0.39 is 6.10 Å². The van der Waals surface area contributed by atoms with E-state index in [4.69, 9.17) is 0 Å². The molecule has 0 bridgehead atoms. The van der Waals surface area contributed by atoms with E-state index in [1.165, 1.54) is 0 Å². The van der Waals surface area contributed by atoms with Crippen LogP contribution in [0.2, 0.25) is 0 Å². The molecule has 1 aromatic rings. The summed E-state index contributed by atoms with van der Waals surface area (Å²) in [5.41, 5.74) is 0.712. The topological polar surface area (TPSA) is 56.7 Å². The second kappa shape index (κ2) is 4.81. The number of aliphatic hydroxyl groups excluding tert-OH is 1. The summed E-state index contributed by atoms with van der Waals surface area (Å²) >= 11 is 0. The fraction of sp³-hybridized carbons (Fsp3) is 0.571. The molecule has 0 aliphatic carbocycles. The number of hydrogen-bond acceptors (Lipinski definition) is 4. The molecule has 0 aromatic carbocycles. The maximum absolute atomic E-state index is 10.8. The van der Waals surface area contributed by atoms with E-state index in [0.29, 0.717) is 17.5 Å². The molecule has 3 atom stereocenters. The van der Waals surface area contributed by atoms with Crippen molar-refractivity contribution in [2.24, 2.45) is 11.8 Å². The van der Waals surface area contributed by atoms with Crippen LogP contribution >= 0.6 is 0 Å². The van der Waals surface area contributed by atoms with E-state index in [-0.39, 0.29) is 0 Å². The SMILES string of the molecule is CC(O)c1cccc(N2C[C@H]3CN(C=O)C[C@H]3C2)n1. The van der Waals surface area contributed by atoms with Gasteiger partial charge in [0, 0.05) is 38.0 Å². The van der Waals surface area contributed by atoms with E-state index >= 15 is 0 Å². The standard InChI is InChI=1S/C14H19N3O2/c1-10(19)13-3-2-4-14(15-13)17-7-11-5-16(9-18)6-12(11)8-17/h2-4,9-12,19H,5-8H2,1H3/t10?,11-,12+. The van der Waals surface area contributed by atoms with Crippen molar-refractivity contribution in [2.45, 2.75) is 13.0 Å². The molecule has 0 radical (unpaired) electrons. The molecule has 1 amide bonds. The minimum absolute atomic E-state index is 0.535. The van der Waals surface area contributed by atoms with Crippen molar-refractivity contribution in [1.82, 2.24) is 9.88 Å². The summed E-state index contributed by atoms with van der Waals surface area (Å²) in [6, 6.07) is 5.78. The molecule has 2 aliphatic rings. The number of nitrogens with zero attached hydrogens (tertiary/aromatic N) is 3. The number of hydrogen-bond donors (Lipinski definition) is 1. The Morgan fingerprint density at radius 1 is 1.32 bits per heavy atom. The van der Waals surface area contributed by atoms with E-state index in [1.54, 1.807) is 6.92 Å². The summed E-state index contributed by atoms with van der Waals surface area (Å²) in [5, 5.41) is 9.59. The molecular weight excluding hydrogens is 242 g/mol. The number of aromatic nitrogens is 1. The summed E-state index contributed by atoms with van der Waals surface area (Å²) in [6.07, 6.45) is 0.419. The molecule has 2 saturated heterocycles. The minimum Gasteiger partial charge on any atom is -0.387 e. The van der Waals surface area contributed by atoms with Gasteiger partial charge in [0.05, 0.1) is 11.8 Å². The number of pyridine rings is 1. The van der Waals surface area contributed by atoms with Crippen LogP contribution in [0.25, 0.3) is 0 Å². The Morgan fingerprint density at radius 2 is 2.00 bits per heavy atom. The molecule has 3 rings (SSSR count). The van der Waals surface area contributed by atoms with Crippen LogP contribution in [0.15, 0.2) is 18.2 Å². The molecule has 0 saturated carbocycles. The summed E-state index contributed by atoms with van der Waals surface area (Å²) in [6.45, 7) is 5.35. The molecule has 2 fully saturated rings. The molecule has 0 spiro atoms. The molecule has 3 heterocycles. The van der Waals surface area contributed by atoms with Crippen LogP contribution < -0.4 is 4.90 Å². The first-order valence-corrected chi connectivity index (χ1v) is 6.76. The zero-order chi connectivity index (χ0) is 13.4. The Bertz CT molecular complexity index is 464. The number of carbonyl (C=O) groups is 1. The van der Waals surface area contributed by atoms with E-state index in [0.717, 1.165) is 38.4 Å². The molecule has 102 valence electrons. The van der Waals surface area contributed by atoms with Crippen LogP contribution in [-0.4, -0.2) is 47.6 Å². The Hall–Kier alpha value is -1.62. The molecular formula is C14H19N3O2. The third kappa shape index (κ3) is 2.30. The maximum Gasteiger partial charge on any atom is 0.209 e. The van der Waals surface area contributed by atoms with Crippen molar-refractivity contribution in [1.29, 1.82) is 0 Å². The highest BCUT2D eigenvalue weighted by molar-refractivity contribution is 5.49. The van der Waals surface area contributed by atoms with Crippen molar-refractivity contribution in [3.05, 3.63) is 23.9 Å². The van der Waals surface area contributed by atoms with Crippen molar-refractivity contribution in [2.75, 3.05) is 31.1 Å². The fourth-order valence-electron chi connectivity index (χ4n) is 3.15. The van der Waals surface area contributed by atoms with Crippen molar-refractivity contribution >= 4 is 12.2 Å². The predicted octanol–water partition coefficient (Wildman–Crippen LogP) is 0.659. The average Bonchev–Trinajstić information content (AvgIpc) is 2.96. The predicted molar refractivity (Wildman–Crippen MR) is 71.7 cm³/mol. The van der Waals surface area contributed by atoms with Crippen molar-refractivity contribution < 1.29 is 9.90 Å². The number of amides is 1. The zero-order valence-corrected chi connectivity index (χ0v) is 11.1. The van der Waals surface area contributed by atoms with Crippen LogP contribution in [-0.2, 0) is 4.79 Å². The molecule has 1 unspecified atom stereocenters. The van der Waals surface area contributed by atoms with Crippen molar-refractivity contribution in [3.8, 4) is 0 Å². The largest absolute Gasteiger partial charge is 0.387 e. The number of likely N-dealkylation sites (tertiary alicyclic amines) is 1. The second-order valence-corrected chi connectivity index (χ2v) is 5.58. The molecule has 19 heavy (non-hydrogen) atoms. The van der Waals surface area contributed by atoms with Crippen LogP contribution in [0.1, 0.15) is 18.7 Å². The first kappa shape index (κ1) is 12.4. The summed E-state index contributed by atoms with van der Waals surface area (Å²) in [7, 11) is 0. The lowest BCUT2D eigenvalue weighted by molar-refractivity contribution is -0.117. The second-order valence-electron chi connectivity index (χ2n) is 5.58.